The third kappa shape index (κ3) is 3.75. The molecule has 5 rings (SSSR count). The third-order valence-electron chi connectivity index (χ3n) is 9.74. The van der Waals surface area contributed by atoms with Crippen molar-refractivity contribution in [1.82, 2.24) is 9.62 Å². The third-order valence-corrected chi connectivity index (χ3v) is 11.8. The van der Waals surface area contributed by atoms with Gasteiger partial charge in [0.25, 0.3) is 0 Å². The Morgan fingerprint density at radius 3 is 2.42 bits per heavy atom. The minimum atomic E-state index is -3.51. The normalized spacial score (nSPS) is 32.2. The molecular weight excluding hydrogens is 436 g/mol. The van der Waals surface area contributed by atoms with Crippen molar-refractivity contribution in [2.24, 2.45) is 28.1 Å². The van der Waals surface area contributed by atoms with Crippen molar-refractivity contribution in [3.63, 3.8) is 0 Å². The molecule has 7 heteroatoms. The van der Waals surface area contributed by atoms with E-state index in [0.717, 1.165) is 32.1 Å². The summed E-state index contributed by atoms with van der Waals surface area (Å²) >= 11 is 0. The van der Waals surface area contributed by atoms with Crippen molar-refractivity contribution >= 4 is 21.7 Å². The van der Waals surface area contributed by atoms with Gasteiger partial charge in [-0.3, -0.25) is 9.59 Å². The Balaban J connectivity index is 1.14. The summed E-state index contributed by atoms with van der Waals surface area (Å²) in [6.45, 7) is 5.72. The minimum Gasteiger partial charge on any atom is -0.356 e. The predicted octanol–water partition coefficient (Wildman–Crippen LogP) is 3.17. The van der Waals surface area contributed by atoms with Gasteiger partial charge >= 0.3 is 0 Å². The molecule has 1 aliphatic heterocycles. The number of ketones is 1. The second kappa shape index (κ2) is 7.91. The fraction of sp³-hybridized carbons (Fsp3) is 0.692. The average Bonchev–Trinajstić information content (AvgIpc) is 3.37. The van der Waals surface area contributed by atoms with Gasteiger partial charge in [0.2, 0.25) is 15.9 Å². The van der Waals surface area contributed by atoms with Crippen LogP contribution in [0.2, 0.25) is 0 Å². The summed E-state index contributed by atoms with van der Waals surface area (Å²) in [4.78, 5) is 25.5. The van der Waals surface area contributed by atoms with Crippen LogP contribution < -0.4 is 5.32 Å². The van der Waals surface area contributed by atoms with E-state index in [9.17, 15) is 18.0 Å². The van der Waals surface area contributed by atoms with E-state index in [2.05, 4.69) is 31.3 Å². The van der Waals surface area contributed by atoms with Crippen molar-refractivity contribution in [2.75, 3.05) is 25.4 Å². The van der Waals surface area contributed by atoms with Gasteiger partial charge in [-0.15, -0.1) is 0 Å². The molecule has 33 heavy (non-hydrogen) atoms. The molecular formula is C26H36N2O4S. The minimum absolute atomic E-state index is 0.00246. The van der Waals surface area contributed by atoms with Crippen LogP contribution in [0.3, 0.4) is 0 Å². The van der Waals surface area contributed by atoms with Crippen LogP contribution >= 0.6 is 0 Å². The first kappa shape index (κ1) is 23.0. The second-order valence-electron chi connectivity index (χ2n) is 11.5. The number of sulfonamides is 1. The number of carbonyl (C=O) groups is 2. The van der Waals surface area contributed by atoms with Gasteiger partial charge in [-0.25, -0.2) is 12.7 Å². The Morgan fingerprint density at radius 1 is 1.12 bits per heavy atom. The van der Waals surface area contributed by atoms with Crippen molar-refractivity contribution < 1.29 is 18.0 Å². The molecule has 1 spiro atoms. The summed E-state index contributed by atoms with van der Waals surface area (Å²) < 4.78 is 28.4. The number of nitrogens with one attached hydrogen (secondary N) is 1. The maximum absolute atomic E-state index is 13.4. The summed E-state index contributed by atoms with van der Waals surface area (Å²) in [6, 6.07) is 10.1. The first-order valence-electron chi connectivity index (χ1n) is 12.4. The van der Waals surface area contributed by atoms with E-state index < -0.39 is 15.4 Å². The van der Waals surface area contributed by atoms with Crippen LogP contribution in [-0.2, 0) is 26.0 Å². The Hall–Kier alpha value is -1.73. The van der Waals surface area contributed by atoms with Gasteiger partial charge in [0.05, 0.1) is 5.75 Å². The summed E-state index contributed by atoms with van der Waals surface area (Å²) in [5.41, 5.74) is 0.209. The van der Waals surface area contributed by atoms with Crippen LogP contribution in [0, 0.1) is 28.1 Å². The molecule has 1 aromatic carbocycles. The molecule has 4 fully saturated rings. The maximum Gasteiger partial charge on any atom is 0.223 e. The molecule has 1 saturated heterocycles. The van der Waals surface area contributed by atoms with Crippen LogP contribution in [0.1, 0.15) is 57.9 Å². The molecule has 1 aromatic rings. The topological polar surface area (TPSA) is 83.6 Å². The van der Waals surface area contributed by atoms with E-state index in [-0.39, 0.29) is 34.2 Å². The number of amides is 1. The number of carbonyl (C=O) groups excluding carboxylic acids is 2. The molecule has 1 N–H and O–H groups in total. The molecule has 180 valence electrons. The van der Waals surface area contributed by atoms with Gasteiger partial charge in [-0.2, -0.15) is 0 Å². The highest BCUT2D eigenvalue weighted by atomic mass is 32.2. The van der Waals surface area contributed by atoms with Gasteiger partial charge in [-0.1, -0.05) is 44.2 Å². The Morgan fingerprint density at radius 2 is 1.82 bits per heavy atom. The van der Waals surface area contributed by atoms with Gasteiger partial charge in [0.1, 0.15) is 5.78 Å². The van der Waals surface area contributed by atoms with Crippen molar-refractivity contribution in [1.29, 1.82) is 0 Å². The molecule has 0 radical (unpaired) electrons. The highest BCUT2D eigenvalue weighted by Gasteiger charge is 2.66. The zero-order valence-corrected chi connectivity index (χ0v) is 20.6. The molecule has 3 saturated carbocycles. The second-order valence-corrected chi connectivity index (χ2v) is 13.4. The molecule has 1 amide bonds. The molecule has 6 nitrogen and oxygen atoms in total. The Labute approximate surface area is 197 Å². The smallest absolute Gasteiger partial charge is 0.223 e. The van der Waals surface area contributed by atoms with E-state index in [1.165, 1.54) is 5.56 Å². The van der Waals surface area contributed by atoms with Crippen molar-refractivity contribution in [2.45, 2.75) is 58.8 Å². The lowest BCUT2D eigenvalue weighted by atomic mass is 9.70. The van der Waals surface area contributed by atoms with E-state index >= 15 is 0 Å². The first-order valence-corrected chi connectivity index (χ1v) is 14.0. The number of benzene rings is 1. The van der Waals surface area contributed by atoms with Gasteiger partial charge in [-0.05, 0) is 60.8 Å². The fourth-order valence-corrected chi connectivity index (χ4v) is 9.31. The predicted molar refractivity (Wildman–Crippen MR) is 127 cm³/mol. The number of hydrogen-bond acceptors (Lipinski definition) is 4. The van der Waals surface area contributed by atoms with Crippen LogP contribution in [0.4, 0.5) is 0 Å². The summed E-state index contributed by atoms with van der Waals surface area (Å²) in [7, 11) is -3.51. The monoisotopic (exact) mass is 472 g/mol. The van der Waals surface area contributed by atoms with Gasteiger partial charge in [0.15, 0.2) is 0 Å². The number of nitrogens with zero attached hydrogens (tertiary/aromatic N) is 1. The molecule has 2 bridgehead atoms. The lowest BCUT2D eigenvalue weighted by molar-refractivity contribution is -0.128. The number of fused-ring (bicyclic) bond motifs is 2. The number of piperidine rings is 1. The highest BCUT2D eigenvalue weighted by Crippen LogP contribution is 2.65. The lowest BCUT2D eigenvalue weighted by Crippen LogP contribution is -2.48. The van der Waals surface area contributed by atoms with Crippen LogP contribution in [0.15, 0.2) is 30.3 Å². The van der Waals surface area contributed by atoms with Gasteiger partial charge in [0, 0.05) is 37.4 Å². The molecule has 4 aliphatic rings. The molecule has 1 unspecified atom stereocenters. The molecule has 3 aliphatic carbocycles. The maximum atomic E-state index is 13.4. The Kier molecular flexibility index (Phi) is 5.52. The van der Waals surface area contributed by atoms with Crippen LogP contribution in [0.5, 0.6) is 0 Å². The summed E-state index contributed by atoms with van der Waals surface area (Å²) in [5.74, 6) is 0.533. The van der Waals surface area contributed by atoms with E-state index in [0.29, 0.717) is 38.4 Å². The van der Waals surface area contributed by atoms with E-state index in [1.54, 1.807) is 4.31 Å². The highest BCUT2D eigenvalue weighted by molar-refractivity contribution is 7.89. The fourth-order valence-electron chi connectivity index (χ4n) is 7.09. The SMILES string of the molecule is CC1(C)[C@@H]2CC[C@@]1(CS(=O)(=O)N1CCC3(CC1)CC3C(=O)NCCc1ccccc1)C(=O)C2. The van der Waals surface area contributed by atoms with Crippen LogP contribution in [-0.4, -0.2) is 49.8 Å². The standard InChI is InChI=1S/C26H36N2O4S/c1-24(2)20-8-10-26(24,22(29)16-20)18-33(31,32)28-14-11-25(12-15-28)17-21(25)23(30)27-13-9-19-6-4-3-5-7-19/h3-7,20-21H,8-18H2,1-2H3,(H,27,30)/t20-,21?,26-/m1/s1. The zero-order chi connectivity index (χ0) is 23.5. The number of Topliss-reactive ketones (excluding diaryl/α,β-unsaturated/α-hetero) is 1. The lowest BCUT2D eigenvalue weighted by Gasteiger charge is -2.39. The number of hydrogen-bond donors (Lipinski definition) is 1. The van der Waals surface area contributed by atoms with Crippen molar-refractivity contribution in [3.8, 4) is 0 Å². The largest absolute Gasteiger partial charge is 0.356 e. The van der Waals surface area contributed by atoms with Crippen molar-refractivity contribution in [3.05, 3.63) is 35.9 Å². The van der Waals surface area contributed by atoms with Crippen LogP contribution in [0.25, 0.3) is 0 Å². The summed E-state index contributed by atoms with van der Waals surface area (Å²) in [6.07, 6.45) is 5.33. The average molecular weight is 473 g/mol. The van der Waals surface area contributed by atoms with E-state index in [1.807, 2.05) is 18.2 Å². The first-order chi connectivity index (χ1) is 15.6. The number of rotatable bonds is 7. The quantitative estimate of drug-likeness (QED) is 0.661. The molecule has 3 atom stereocenters. The Bertz CT molecular complexity index is 1040. The van der Waals surface area contributed by atoms with E-state index in [4.69, 9.17) is 0 Å². The summed E-state index contributed by atoms with van der Waals surface area (Å²) in [5, 5.41) is 3.08. The zero-order valence-electron chi connectivity index (χ0n) is 19.8. The molecule has 0 aromatic heterocycles. The van der Waals surface area contributed by atoms with Gasteiger partial charge < -0.3 is 5.32 Å². The molecule has 1 heterocycles.